The third-order valence-corrected chi connectivity index (χ3v) is 7.85. The van der Waals surface area contributed by atoms with Gasteiger partial charge in [0.25, 0.3) is 0 Å². The second kappa shape index (κ2) is 7.87. The summed E-state index contributed by atoms with van der Waals surface area (Å²) in [6, 6.07) is 4.73. The Morgan fingerprint density at radius 2 is 1.62 bits per heavy atom. The van der Waals surface area contributed by atoms with Crippen molar-refractivity contribution in [2.24, 2.45) is 11.3 Å². The van der Waals surface area contributed by atoms with E-state index in [0.29, 0.717) is 5.92 Å². The minimum Gasteiger partial charge on any atom is -0.0774 e. The molecule has 0 fully saturated rings. The van der Waals surface area contributed by atoms with Gasteiger partial charge in [-0.05, 0) is 38.5 Å². The summed E-state index contributed by atoms with van der Waals surface area (Å²) in [5.41, 5.74) is 6.43. The number of rotatable bonds is 6. The first-order valence-corrected chi connectivity index (χ1v) is 11.1. The van der Waals surface area contributed by atoms with Gasteiger partial charge < -0.3 is 0 Å². The Morgan fingerprint density at radius 1 is 1.00 bits per heavy atom. The van der Waals surface area contributed by atoms with Crippen LogP contribution in [0.4, 0.5) is 0 Å². The molecule has 0 N–H and O–H groups in total. The van der Waals surface area contributed by atoms with Crippen LogP contribution in [0, 0.1) is 32.1 Å². The molecule has 132 valence electrons. The number of hydrogen-bond donors (Lipinski definition) is 0. The average molecular weight is 341 g/mol. The third kappa shape index (κ3) is 4.50. The van der Waals surface area contributed by atoms with Crippen LogP contribution in [-0.4, -0.2) is 9.52 Å². The molecule has 0 radical (unpaired) electrons. The van der Waals surface area contributed by atoms with Crippen LogP contribution in [0.1, 0.15) is 70.1 Å². The first kappa shape index (κ1) is 19.2. The van der Waals surface area contributed by atoms with E-state index in [1.165, 1.54) is 42.4 Å². The molecule has 0 nitrogen and oxygen atoms in total. The number of benzene rings is 1. The number of allylic oxidation sites excluding steroid dienone is 4. The van der Waals surface area contributed by atoms with E-state index in [0.717, 1.165) is 0 Å². The predicted octanol–water partition coefficient (Wildman–Crippen LogP) is 5.47. The number of aryl methyl sites for hydroxylation is 3. The molecule has 2 rings (SSSR count). The van der Waals surface area contributed by atoms with Gasteiger partial charge >= 0.3 is 0 Å². The van der Waals surface area contributed by atoms with Crippen LogP contribution in [0.2, 0.25) is 0 Å². The molecule has 0 spiro atoms. The van der Waals surface area contributed by atoms with E-state index in [9.17, 15) is 0 Å². The lowest BCUT2D eigenvalue weighted by Gasteiger charge is -2.29. The predicted molar refractivity (Wildman–Crippen MR) is 112 cm³/mol. The Balaban J connectivity index is 2.32. The lowest BCUT2D eigenvalue weighted by molar-refractivity contribution is 0.436. The van der Waals surface area contributed by atoms with Crippen molar-refractivity contribution in [3.8, 4) is 0 Å². The summed E-state index contributed by atoms with van der Waals surface area (Å²) in [5, 5.41) is 3.37. The molecule has 0 heterocycles. The maximum atomic E-state index is 2.51. The highest BCUT2D eigenvalue weighted by molar-refractivity contribution is 6.63. The van der Waals surface area contributed by atoms with E-state index in [-0.39, 0.29) is 5.41 Å². The highest BCUT2D eigenvalue weighted by Gasteiger charge is 2.29. The summed E-state index contributed by atoms with van der Waals surface area (Å²) in [6.07, 6.45) is 10.4. The summed E-state index contributed by atoms with van der Waals surface area (Å²) in [6.45, 7) is 16.3. The highest BCUT2D eigenvalue weighted by atomic mass is 28.2. The second-order valence-corrected chi connectivity index (χ2v) is 10.5. The van der Waals surface area contributed by atoms with Crippen molar-refractivity contribution in [3.05, 3.63) is 51.7 Å². The van der Waals surface area contributed by atoms with Gasteiger partial charge in [0.1, 0.15) is 0 Å². The van der Waals surface area contributed by atoms with Gasteiger partial charge in [0.05, 0.1) is 9.52 Å². The Hall–Kier alpha value is -1.08. The van der Waals surface area contributed by atoms with E-state index in [1.807, 2.05) is 0 Å². The lowest BCUT2D eigenvalue weighted by Crippen LogP contribution is -2.26. The normalized spacial score (nSPS) is 18.4. The van der Waals surface area contributed by atoms with Crippen LogP contribution >= 0.6 is 0 Å². The molecule has 0 bridgehead atoms. The molecule has 1 aliphatic rings. The summed E-state index contributed by atoms with van der Waals surface area (Å²) in [5.74, 6) is 0.685. The third-order valence-electron chi connectivity index (χ3n) is 5.38. The van der Waals surface area contributed by atoms with Crippen molar-refractivity contribution >= 4 is 14.7 Å². The van der Waals surface area contributed by atoms with Crippen LogP contribution in [0.15, 0.2) is 35.1 Å². The summed E-state index contributed by atoms with van der Waals surface area (Å²) >= 11 is 0. The Bertz CT molecular complexity index is 617. The van der Waals surface area contributed by atoms with E-state index >= 15 is 0 Å². The minimum atomic E-state index is -0.404. The summed E-state index contributed by atoms with van der Waals surface area (Å²) in [7, 11) is -0.404. The second-order valence-electron chi connectivity index (χ2n) is 8.70. The minimum absolute atomic E-state index is 0.287. The van der Waals surface area contributed by atoms with Crippen molar-refractivity contribution in [1.82, 2.24) is 0 Å². The van der Waals surface area contributed by atoms with Crippen LogP contribution in [0.25, 0.3) is 0 Å². The van der Waals surface area contributed by atoms with Gasteiger partial charge in [-0.25, -0.2) is 0 Å². The number of unbranched alkanes of at least 4 members (excludes halogenated alkanes) is 2. The van der Waals surface area contributed by atoms with Crippen molar-refractivity contribution in [3.63, 3.8) is 0 Å². The monoisotopic (exact) mass is 340 g/mol. The quantitative estimate of drug-likeness (QED) is 0.475. The largest absolute Gasteiger partial charge is 0.0881 e. The maximum Gasteiger partial charge on any atom is 0.0881 e. The van der Waals surface area contributed by atoms with Crippen molar-refractivity contribution in [2.45, 2.75) is 74.1 Å². The van der Waals surface area contributed by atoms with E-state index in [2.05, 4.69) is 72.8 Å². The first-order chi connectivity index (χ1) is 11.2. The van der Waals surface area contributed by atoms with Crippen molar-refractivity contribution in [2.75, 3.05) is 0 Å². The Morgan fingerprint density at radius 3 is 2.17 bits per heavy atom. The highest BCUT2D eigenvalue weighted by Crippen LogP contribution is 2.41. The molecule has 1 atom stereocenters. The molecule has 24 heavy (non-hydrogen) atoms. The van der Waals surface area contributed by atoms with Gasteiger partial charge in [-0.1, -0.05) is 104 Å². The molecule has 0 aromatic heterocycles. The molecule has 0 saturated heterocycles. The molecule has 0 amide bonds. The van der Waals surface area contributed by atoms with Crippen molar-refractivity contribution in [1.29, 1.82) is 0 Å². The molecule has 1 unspecified atom stereocenters. The number of hydrogen-bond acceptors (Lipinski definition) is 0. The van der Waals surface area contributed by atoms with E-state index in [1.54, 1.807) is 16.0 Å². The van der Waals surface area contributed by atoms with E-state index in [4.69, 9.17) is 0 Å². The van der Waals surface area contributed by atoms with Gasteiger partial charge in [-0.3, -0.25) is 0 Å². The molecular weight excluding hydrogens is 304 g/mol. The average Bonchev–Trinajstić information content (AvgIpc) is 2.86. The fourth-order valence-corrected chi connectivity index (χ4v) is 6.76. The Labute approximate surface area is 152 Å². The SMILES string of the molecule is CCCCCC1C=CC([SiH2]c2c(C)cc(C)cc2C)=C1C(C)(C)C. The van der Waals surface area contributed by atoms with Gasteiger partial charge in [0.15, 0.2) is 0 Å². The first-order valence-electron chi connectivity index (χ1n) is 9.72. The topological polar surface area (TPSA) is 0 Å². The fraction of sp³-hybridized carbons (Fsp3) is 0.565. The fourth-order valence-electron chi connectivity index (χ4n) is 4.38. The van der Waals surface area contributed by atoms with E-state index < -0.39 is 9.52 Å². The van der Waals surface area contributed by atoms with Crippen LogP contribution in [-0.2, 0) is 0 Å². The maximum absolute atomic E-state index is 2.51. The van der Waals surface area contributed by atoms with Gasteiger partial charge in [-0.2, -0.15) is 0 Å². The lowest BCUT2D eigenvalue weighted by atomic mass is 9.78. The summed E-state index contributed by atoms with van der Waals surface area (Å²) in [4.78, 5) is 0. The Kier molecular flexibility index (Phi) is 6.31. The molecular formula is C23H36Si. The van der Waals surface area contributed by atoms with Gasteiger partial charge in [-0.15, -0.1) is 0 Å². The molecule has 0 aliphatic heterocycles. The smallest absolute Gasteiger partial charge is 0.0774 e. The molecule has 1 aliphatic carbocycles. The van der Waals surface area contributed by atoms with Crippen LogP contribution in [0.5, 0.6) is 0 Å². The zero-order valence-corrected chi connectivity index (χ0v) is 18.3. The van der Waals surface area contributed by atoms with Gasteiger partial charge in [0.2, 0.25) is 0 Å². The molecule has 1 heteroatoms. The van der Waals surface area contributed by atoms with Crippen LogP contribution < -0.4 is 5.19 Å². The zero-order valence-electron chi connectivity index (χ0n) is 16.9. The van der Waals surface area contributed by atoms with Crippen LogP contribution in [0.3, 0.4) is 0 Å². The molecule has 1 aromatic rings. The molecule has 1 aromatic carbocycles. The summed E-state index contributed by atoms with van der Waals surface area (Å²) < 4.78 is 0. The van der Waals surface area contributed by atoms with Crippen molar-refractivity contribution < 1.29 is 0 Å². The standard InChI is InChI=1S/C23H36Si/c1-8-9-10-11-19-12-13-20(21(19)23(5,6)7)24-22-17(3)14-16(2)15-18(22)4/h12-15,19H,8-11,24H2,1-7H3. The zero-order chi connectivity index (χ0) is 17.9. The molecule has 0 saturated carbocycles. The van der Waals surface area contributed by atoms with Gasteiger partial charge in [0, 0.05) is 0 Å².